The van der Waals surface area contributed by atoms with E-state index in [2.05, 4.69) is 10.4 Å². The molecular weight excluding hydrogens is 357 g/mol. The Morgan fingerprint density at radius 2 is 2.00 bits per heavy atom. The van der Waals surface area contributed by atoms with Gasteiger partial charge in [-0.2, -0.15) is 5.10 Å². The van der Waals surface area contributed by atoms with Crippen LogP contribution >= 0.6 is 0 Å². The highest BCUT2D eigenvalue weighted by Crippen LogP contribution is 2.24. The van der Waals surface area contributed by atoms with Gasteiger partial charge in [-0.05, 0) is 50.6 Å². The van der Waals surface area contributed by atoms with Crippen molar-refractivity contribution in [2.24, 2.45) is 0 Å². The Hall–Kier alpha value is -2.99. The molecule has 1 N–H and O–H groups in total. The van der Waals surface area contributed by atoms with Gasteiger partial charge in [-0.25, -0.2) is 9.07 Å². The largest absolute Gasteiger partial charge is 0.382 e. The Labute approximate surface area is 164 Å². The molecule has 1 aromatic heterocycles. The summed E-state index contributed by atoms with van der Waals surface area (Å²) < 4.78 is 20.2. The Bertz CT molecular complexity index is 935. The molecule has 0 spiro atoms. The van der Waals surface area contributed by atoms with Crippen LogP contribution in [0.2, 0.25) is 0 Å². The van der Waals surface area contributed by atoms with Crippen molar-refractivity contribution in [3.8, 4) is 16.9 Å². The monoisotopic (exact) mass is 381 g/mol. The van der Waals surface area contributed by atoms with Gasteiger partial charge in [-0.3, -0.25) is 4.79 Å². The van der Waals surface area contributed by atoms with Gasteiger partial charge in [-0.1, -0.05) is 23.8 Å². The second-order valence-corrected chi connectivity index (χ2v) is 6.49. The number of aromatic nitrogens is 2. The Balaban J connectivity index is 1.90. The summed E-state index contributed by atoms with van der Waals surface area (Å²) in [5.41, 5.74) is 3.70. The zero-order valence-corrected chi connectivity index (χ0v) is 16.1. The maximum atomic E-state index is 13.2. The summed E-state index contributed by atoms with van der Waals surface area (Å²) >= 11 is 0. The minimum atomic E-state index is -0.318. The standard InChI is InChI=1S/C22H24FN3O2/c1-3-28-13-5-12-24-22(27)20-15-26(19-10-8-18(23)9-11-19)25-21(20)17-7-4-6-16(2)14-17/h4,6-11,14-15H,3,5,12-13H2,1-2H3,(H,24,27). The molecule has 0 bridgehead atoms. The second-order valence-electron chi connectivity index (χ2n) is 6.49. The van der Waals surface area contributed by atoms with Gasteiger partial charge in [0.1, 0.15) is 11.5 Å². The van der Waals surface area contributed by atoms with Crippen molar-refractivity contribution >= 4 is 5.91 Å². The van der Waals surface area contributed by atoms with Crippen LogP contribution in [0.4, 0.5) is 4.39 Å². The Kier molecular flexibility index (Phi) is 6.55. The lowest BCUT2D eigenvalue weighted by Crippen LogP contribution is -2.25. The van der Waals surface area contributed by atoms with Crippen molar-refractivity contribution in [2.75, 3.05) is 19.8 Å². The van der Waals surface area contributed by atoms with E-state index in [1.54, 1.807) is 23.0 Å². The van der Waals surface area contributed by atoms with Gasteiger partial charge in [0.05, 0.1) is 11.3 Å². The highest BCUT2D eigenvalue weighted by atomic mass is 19.1. The van der Waals surface area contributed by atoms with Crippen molar-refractivity contribution < 1.29 is 13.9 Å². The summed E-state index contributed by atoms with van der Waals surface area (Å²) in [7, 11) is 0. The first-order valence-electron chi connectivity index (χ1n) is 9.37. The van der Waals surface area contributed by atoms with E-state index in [9.17, 15) is 9.18 Å². The molecule has 3 aromatic rings. The summed E-state index contributed by atoms with van der Waals surface area (Å²) in [6, 6.07) is 13.9. The fraction of sp³-hybridized carbons (Fsp3) is 0.273. The minimum absolute atomic E-state index is 0.193. The van der Waals surface area contributed by atoms with Gasteiger partial charge in [-0.15, -0.1) is 0 Å². The molecular formula is C22H24FN3O2. The molecule has 0 aliphatic heterocycles. The van der Waals surface area contributed by atoms with Crippen LogP contribution < -0.4 is 5.32 Å². The number of aryl methyl sites for hydroxylation is 1. The van der Waals surface area contributed by atoms with Crippen LogP contribution in [0, 0.1) is 12.7 Å². The number of rotatable bonds is 8. The van der Waals surface area contributed by atoms with Crippen molar-refractivity contribution in [1.82, 2.24) is 15.1 Å². The molecule has 0 radical (unpaired) electrons. The number of amides is 1. The molecule has 6 heteroatoms. The molecule has 0 saturated heterocycles. The average Bonchev–Trinajstić information content (AvgIpc) is 3.14. The van der Waals surface area contributed by atoms with Gasteiger partial charge in [0.2, 0.25) is 0 Å². The SMILES string of the molecule is CCOCCCNC(=O)c1cn(-c2ccc(F)cc2)nc1-c1cccc(C)c1. The van der Waals surface area contributed by atoms with E-state index < -0.39 is 0 Å². The molecule has 2 aromatic carbocycles. The van der Waals surface area contributed by atoms with Crippen molar-refractivity contribution in [2.45, 2.75) is 20.3 Å². The van der Waals surface area contributed by atoms with Crippen molar-refractivity contribution in [3.63, 3.8) is 0 Å². The van der Waals surface area contributed by atoms with E-state index in [4.69, 9.17) is 4.74 Å². The zero-order chi connectivity index (χ0) is 19.9. The lowest BCUT2D eigenvalue weighted by Gasteiger charge is -2.06. The number of ether oxygens (including phenoxy) is 1. The van der Waals surface area contributed by atoms with E-state index in [0.717, 1.165) is 17.5 Å². The van der Waals surface area contributed by atoms with Crippen LogP contribution in [-0.4, -0.2) is 35.4 Å². The molecule has 146 valence electrons. The molecule has 5 nitrogen and oxygen atoms in total. The smallest absolute Gasteiger partial charge is 0.255 e. The Morgan fingerprint density at radius 3 is 2.71 bits per heavy atom. The number of nitrogens with one attached hydrogen (secondary N) is 1. The Morgan fingerprint density at radius 1 is 1.21 bits per heavy atom. The van der Waals surface area contributed by atoms with Gasteiger partial charge < -0.3 is 10.1 Å². The lowest BCUT2D eigenvalue weighted by atomic mass is 10.1. The quantitative estimate of drug-likeness (QED) is 0.597. The first-order chi connectivity index (χ1) is 13.6. The van der Waals surface area contributed by atoms with Gasteiger partial charge in [0.25, 0.3) is 5.91 Å². The van der Waals surface area contributed by atoms with E-state index in [1.807, 2.05) is 38.1 Å². The van der Waals surface area contributed by atoms with Crippen LogP contribution in [0.25, 0.3) is 16.9 Å². The molecule has 28 heavy (non-hydrogen) atoms. The van der Waals surface area contributed by atoms with E-state index in [0.29, 0.717) is 36.7 Å². The number of benzene rings is 2. The summed E-state index contributed by atoms with van der Waals surface area (Å²) in [6.45, 7) is 5.73. The van der Waals surface area contributed by atoms with Crippen LogP contribution in [0.3, 0.4) is 0 Å². The van der Waals surface area contributed by atoms with Gasteiger partial charge in [0, 0.05) is 31.5 Å². The van der Waals surface area contributed by atoms with E-state index in [1.165, 1.54) is 12.1 Å². The van der Waals surface area contributed by atoms with E-state index in [-0.39, 0.29) is 11.7 Å². The number of carbonyl (C=O) groups excluding carboxylic acids is 1. The molecule has 3 rings (SSSR count). The molecule has 0 aliphatic rings. The van der Waals surface area contributed by atoms with Crippen molar-refractivity contribution in [3.05, 3.63) is 71.7 Å². The predicted octanol–water partition coefficient (Wildman–Crippen LogP) is 4.14. The molecule has 0 fully saturated rings. The second kappa shape index (κ2) is 9.28. The number of halogens is 1. The molecule has 0 atom stereocenters. The van der Waals surface area contributed by atoms with Crippen LogP contribution in [-0.2, 0) is 4.74 Å². The summed E-state index contributed by atoms with van der Waals surface area (Å²) in [5, 5.41) is 7.53. The van der Waals surface area contributed by atoms with Crippen LogP contribution in [0.5, 0.6) is 0 Å². The molecule has 1 heterocycles. The third-order valence-electron chi connectivity index (χ3n) is 4.30. The predicted molar refractivity (Wildman–Crippen MR) is 107 cm³/mol. The zero-order valence-electron chi connectivity index (χ0n) is 16.1. The van der Waals surface area contributed by atoms with Gasteiger partial charge in [0.15, 0.2) is 0 Å². The molecule has 1 amide bonds. The van der Waals surface area contributed by atoms with Gasteiger partial charge >= 0.3 is 0 Å². The van der Waals surface area contributed by atoms with E-state index >= 15 is 0 Å². The lowest BCUT2D eigenvalue weighted by molar-refractivity contribution is 0.0945. The fourth-order valence-corrected chi connectivity index (χ4v) is 2.89. The molecule has 0 unspecified atom stereocenters. The third kappa shape index (κ3) is 4.84. The minimum Gasteiger partial charge on any atom is -0.382 e. The highest BCUT2D eigenvalue weighted by Gasteiger charge is 2.18. The maximum absolute atomic E-state index is 13.2. The number of hydrogen-bond acceptors (Lipinski definition) is 3. The van der Waals surface area contributed by atoms with Crippen LogP contribution in [0.15, 0.2) is 54.7 Å². The molecule has 0 saturated carbocycles. The van der Waals surface area contributed by atoms with Crippen LogP contribution in [0.1, 0.15) is 29.3 Å². The highest BCUT2D eigenvalue weighted by molar-refractivity contribution is 6.00. The summed E-state index contributed by atoms with van der Waals surface area (Å²) in [5.74, 6) is -0.511. The first kappa shape index (κ1) is 19.8. The number of hydrogen-bond donors (Lipinski definition) is 1. The topological polar surface area (TPSA) is 56.1 Å². The summed E-state index contributed by atoms with van der Waals surface area (Å²) in [6.07, 6.45) is 2.42. The van der Waals surface area contributed by atoms with Crippen molar-refractivity contribution in [1.29, 1.82) is 0 Å². The number of carbonyl (C=O) groups is 1. The normalized spacial score (nSPS) is 10.8. The third-order valence-corrected chi connectivity index (χ3v) is 4.30. The number of nitrogens with zero attached hydrogens (tertiary/aromatic N) is 2. The first-order valence-corrected chi connectivity index (χ1v) is 9.37. The molecule has 0 aliphatic carbocycles. The average molecular weight is 381 g/mol. The summed E-state index contributed by atoms with van der Waals surface area (Å²) in [4.78, 5) is 12.8. The fourth-order valence-electron chi connectivity index (χ4n) is 2.89. The maximum Gasteiger partial charge on any atom is 0.255 e.